The van der Waals surface area contributed by atoms with E-state index in [-0.39, 0.29) is 17.6 Å². The molecule has 1 aromatic heterocycles. The number of aromatic nitrogens is 1. The Bertz CT molecular complexity index is 327. The summed E-state index contributed by atoms with van der Waals surface area (Å²) in [6, 6.07) is 1.45. The molecule has 0 aliphatic carbocycles. The van der Waals surface area contributed by atoms with E-state index >= 15 is 0 Å². The standard InChI is InChI=1S/C9H13ClN2O3/c1-6(4-10)11-9(13)8-3-7(5-14-2)15-12-8/h3,6H,4-5H2,1-2H3,(H,11,13). The van der Waals surface area contributed by atoms with Crippen LogP contribution in [0.25, 0.3) is 0 Å². The summed E-state index contributed by atoms with van der Waals surface area (Å²) < 4.78 is 9.71. The van der Waals surface area contributed by atoms with E-state index in [1.807, 2.05) is 0 Å². The molecule has 0 spiro atoms. The maximum absolute atomic E-state index is 11.5. The Morgan fingerprint density at radius 2 is 2.53 bits per heavy atom. The zero-order valence-electron chi connectivity index (χ0n) is 8.62. The number of carbonyl (C=O) groups excluding carboxylic acids is 1. The third kappa shape index (κ3) is 3.53. The van der Waals surface area contributed by atoms with Crippen LogP contribution in [0.1, 0.15) is 23.2 Å². The van der Waals surface area contributed by atoms with Gasteiger partial charge in [0.25, 0.3) is 5.91 Å². The molecule has 5 nitrogen and oxygen atoms in total. The molecule has 1 rings (SSSR count). The van der Waals surface area contributed by atoms with Crippen LogP contribution in [-0.2, 0) is 11.3 Å². The second-order valence-electron chi connectivity index (χ2n) is 3.14. The summed E-state index contributed by atoms with van der Waals surface area (Å²) in [7, 11) is 1.54. The lowest BCUT2D eigenvalue weighted by atomic mass is 10.3. The summed E-state index contributed by atoms with van der Waals surface area (Å²) in [6.07, 6.45) is 0. The molecule has 1 amide bonds. The van der Waals surface area contributed by atoms with E-state index in [1.165, 1.54) is 7.11 Å². The van der Waals surface area contributed by atoms with Crippen molar-refractivity contribution >= 4 is 17.5 Å². The van der Waals surface area contributed by atoms with Gasteiger partial charge < -0.3 is 14.6 Å². The van der Waals surface area contributed by atoms with Gasteiger partial charge in [0.1, 0.15) is 6.61 Å². The van der Waals surface area contributed by atoms with Crippen molar-refractivity contribution in [3.8, 4) is 0 Å². The van der Waals surface area contributed by atoms with Crippen LogP contribution in [0.4, 0.5) is 0 Å². The van der Waals surface area contributed by atoms with Gasteiger partial charge >= 0.3 is 0 Å². The Kier molecular flexibility index (Phi) is 4.58. The van der Waals surface area contributed by atoms with Crippen molar-refractivity contribution in [2.45, 2.75) is 19.6 Å². The first-order chi connectivity index (χ1) is 7.17. The van der Waals surface area contributed by atoms with Crippen molar-refractivity contribution in [1.29, 1.82) is 0 Å². The van der Waals surface area contributed by atoms with Gasteiger partial charge in [-0.2, -0.15) is 0 Å². The number of carbonyl (C=O) groups is 1. The van der Waals surface area contributed by atoms with Crippen LogP contribution in [0.5, 0.6) is 0 Å². The highest BCUT2D eigenvalue weighted by molar-refractivity contribution is 6.18. The minimum Gasteiger partial charge on any atom is -0.377 e. The second-order valence-corrected chi connectivity index (χ2v) is 3.45. The van der Waals surface area contributed by atoms with E-state index in [9.17, 15) is 4.79 Å². The smallest absolute Gasteiger partial charge is 0.273 e. The van der Waals surface area contributed by atoms with E-state index in [2.05, 4.69) is 10.5 Å². The maximum Gasteiger partial charge on any atom is 0.273 e. The molecular weight excluding hydrogens is 220 g/mol. The lowest BCUT2D eigenvalue weighted by molar-refractivity contribution is 0.0933. The largest absolute Gasteiger partial charge is 0.377 e. The molecule has 1 N–H and O–H groups in total. The van der Waals surface area contributed by atoms with Gasteiger partial charge in [0, 0.05) is 25.1 Å². The third-order valence-corrected chi connectivity index (χ3v) is 2.15. The van der Waals surface area contributed by atoms with Gasteiger partial charge in [0.2, 0.25) is 0 Å². The zero-order chi connectivity index (χ0) is 11.3. The number of nitrogens with zero attached hydrogens (tertiary/aromatic N) is 1. The van der Waals surface area contributed by atoms with Crippen LogP contribution in [-0.4, -0.2) is 30.1 Å². The number of hydrogen-bond acceptors (Lipinski definition) is 4. The van der Waals surface area contributed by atoms with E-state index in [0.29, 0.717) is 18.2 Å². The average Bonchev–Trinajstić information content (AvgIpc) is 2.67. The number of rotatable bonds is 5. The van der Waals surface area contributed by atoms with Crippen molar-refractivity contribution in [2.24, 2.45) is 0 Å². The van der Waals surface area contributed by atoms with Crippen molar-refractivity contribution in [2.75, 3.05) is 13.0 Å². The normalized spacial score (nSPS) is 12.5. The van der Waals surface area contributed by atoms with Crippen molar-refractivity contribution < 1.29 is 14.1 Å². The molecular formula is C9H13ClN2O3. The molecule has 0 aliphatic rings. The highest BCUT2D eigenvalue weighted by atomic mass is 35.5. The summed E-state index contributed by atoms with van der Waals surface area (Å²) in [5, 5.41) is 6.28. The monoisotopic (exact) mass is 232 g/mol. The van der Waals surface area contributed by atoms with E-state index in [0.717, 1.165) is 0 Å². The zero-order valence-corrected chi connectivity index (χ0v) is 9.37. The quantitative estimate of drug-likeness (QED) is 0.775. The molecule has 0 saturated carbocycles. The summed E-state index contributed by atoms with van der Waals surface area (Å²) in [4.78, 5) is 11.5. The minimum absolute atomic E-state index is 0.0956. The fourth-order valence-corrected chi connectivity index (χ4v) is 1.04. The fourth-order valence-electron chi connectivity index (χ4n) is 0.967. The number of hydrogen-bond donors (Lipinski definition) is 1. The van der Waals surface area contributed by atoms with Gasteiger partial charge in [0.15, 0.2) is 11.5 Å². The first-order valence-corrected chi connectivity index (χ1v) is 5.02. The third-order valence-electron chi connectivity index (χ3n) is 1.69. The summed E-state index contributed by atoms with van der Waals surface area (Å²) in [5.41, 5.74) is 0.235. The van der Waals surface area contributed by atoms with Crippen molar-refractivity contribution in [3.05, 3.63) is 17.5 Å². The molecule has 0 aromatic carbocycles. The molecule has 15 heavy (non-hydrogen) atoms. The Labute approximate surface area is 92.7 Å². The van der Waals surface area contributed by atoms with Crippen LogP contribution in [0, 0.1) is 0 Å². The minimum atomic E-state index is -0.297. The number of methoxy groups -OCH3 is 1. The average molecular weight is 233 g/mol. The Hall–Kier alpha value is -1.07. The van der Waals surface area contributed by atoms with Gasteiger partial charge in [-0.25, -0.2) is 0 Å². The molecule has 0 fully saturated rings. The maximum atomic E-state index is 11.5. The molecule has 1 aromatic rings. The summed E-state index contributed by atoms with van der Waals surface area (Å²) >= 11 is 5.56. The summed E-state index contributed by atoms with van der Waals surface area (Å²) in [6.45, 7) is 2.10. The topological polar surface area (TPSA) is 64.4 Å². The van der Waals surface area contributed by atoms with Gasteiger partial charge in [0.05, 0.1) is 0 Å². The lowest BCUT2D eigenvalue weighted by Gasteiger charge is -2.07. The van der Waals surface area contributed by atoms with Gasteiger partial charge in [-0.05, 0) is 6.92 Å². The van der Waals surface area contributed by atoms with E-state index in [4.69, 9.17) is 20.9 Å². The molecule has 0 aliphatic heterocycles. The molecule has 0 saturated heterocycles. The molecule has 1 atom stereocenters. The van der Waals surface area contributed by atoms with Crippen LogP contribution in [0.3, 0.4) is 0 Å². The van der Waals surface area contributed by atoms with Crippen LogP contribution < -0.4 is 5.32 Å². The SMILES string of the molecule is COCc1cc(C(=O)NC(C)CCl)no1. The first-order valence-electron chi connectivity index (χ1n) is 4.48. The summed E-state index contributed by atoms with van der Waals surface area (Å²) in [5.74, 6) is 0.574. The van der Waals surface area contributed by atoms with Crippen molar-refractivity contribution in [1.82, 2.24) is 10.5 Å². The van der Waals surface area contributed by atoms with Crippen LogP contribution in [0.15, 0.2) is 10.6 Å². The number of halogens is 1. The molecule has 84 valence electrons. The number of nitrogens with one attached hydrogen (secondary N) is 1. The molecule has 0 radical (unpaired) electrons. The number of amides is 1. The number of ether oxygens (including phenoxy) is 1. The number of alkyl halides is 1. The lowest BCUT2D eigenvalue weighted by Crippen LogP contribution is -2.33. The molecule has 1 heterocycles. The Morgan fingerprint density at radius 3 is 3.13 bits per heavy atom. The van der Waals surface area contributed by atoms with Crippen molar-refractivity contribution in [3.63, 3.8) is 0 Å². The van der Waals surface area contributed by atoms with E-state index in [1.54, 1.807) is 13.0 Å². The first kappa shape index (κ1) is 12.0. The van der Waals surface area contributed by atoms with E-state index < -0.39 is 0 Å². The van der Waals surface area contributed by atoms with Gasteiger partial charge in [-0.3, -0.25) is 4.79 Å². The van der Waals surface area contributed by atoms with Crippen LogP contribution >= 0.6 is 11.6 Å². The molecule has 1 unspecified atom stereocenters. The predicted octanol–water partition coefficient (Wildman–Crippen LogP) is 1.18. The highest BCUT2D eigenvalue weighted by Gasteiger charge is 2.14. The second kappa shape index (κ2) is 5.72. The predicted molar refractivity (Wildman–Crippen MR) is 54.9 cm³/mol. The van der Waals surface area contributed by atoms with Gasteiger partial charge in [-0.15, -0.1) is 11.6 Å². The van der Waals surface area contributed by atoms with Gasteiger partial charge in [-0.1, -0.05) is 5.16 Å². The Balaban J connectivity index is 2.58. The molecule has 6 heteroatoms. The molecule has 0 bridgehead atoms. The van der Waals surface area contributed by atoms with Crippen LogP contribution in [0.2, 0.25) is 0 Å². The fraction of sp³-hybridized carbons (Fsp3) is 0.556. The highest BCUT2D eigenvalue weighted by Crippen LogP contribution is 2.05. The Morgan fingerprint density at radius 1 is 1.80 bits per heavy atom.